The quantitative estimate of drug-likeness (QED) is 0.575. The number of hydrogen-bond acceptors (Lipinski definition) is 7. The van der Waals surface area contributed by atoms with E-state index in [1.807, 2.05) is 41.8 Å². The number of nitriles is 1. The Balaban J connectivity index is 2.25. The summed E-state index contributed by atoms with van der Waals surface area (Å²) < 4.78 is 7.27. The molecule has 1 heterocycles. The van der Waals surface area contributed by atoms with Crippen molar-refractivity contribution in [3.8, 4) is 23.2 Å². The molecule has 1 aromatic carbocycles. The molecule has 25 heavy (non-hydrogen) atoms. The van der Waals surface area contributed by atoms with Crippen molar-refractivity contribution in [3.05, 3.63) is 24.3 Å². The Morgan fingerprint density at radius 2 is 2.16 bits per heavy atom. The van der Waals surface area contributed by atoms with Gasteiger partial charge in [-0.3, -0.25) is 4.79 Å². The van der Waals surface area contributed by atoms with Crippen molar-refractivity contribution in [2.24, 2.45) is 5.92 Å². The van der Waals surface area contributed by atoms with Gasteiger partial charge in [-0.05, 0) is 26.0 Å². The van der Waals surface area contributed by atoms with Gasteiger partial charge in [-0.25, -0.2) is 0 Å². The minimum atomic E-state index is -1.00. The maximum Gasteiger partial charge on any atom is 0.191 e. The summed E-state index contributed by atoms with van der Waals surface area (Å²) in [5.74, 6) is 0.123. The van der Waals surface area contributed by atoms with Crippen LogP contribution >= 0.6 is 11.8 Å². The zero-order valence-electron chi connectivity index (χ0n) is 14.3. The average Bonchev–Trinajstić information content (AvgIpc) is 3.02. The van der Waals surface area contributed by atoms with Crippen LogP contribution in [0.15, 0.2) is 29.4 Å². The molecule has 7 nitrogen and oxygen atoms in total. The molecule has 0 fully saturated rings. The van der Waals surface area contributed by atoms with E-state index in [9.17, 15) is 4.79 Å². The maximum absolute atomic E-state index is 12.1. The Bertz CT molecular complexity index is 825. The van der Waals surface area contributed by atoms with Gasteiger partial charge in [-0.15, -0.1) is 10.2 Å². The van der Waals surface area contributed by atoms with Gasteiger partial charge in [-0.1, -0.05) is 23.9 Å². The summed E-state index contributed by atoms with van der Waals surface area (Å²) in [5, 5.41) is 25.5. The lowest BCUT2D eigenvalue weighted by molar-refractivity contribution is -0.117. The summed E-state index contributed by atoms with van der Waals surface area (Å²) in [7, 11) is 1.60. The number of ether oxygens (including phenoxy) is 1. The fourth-order valence-corrected chi connectivity index (χ4v) is 3.25. The van der Waals surface area contributed by atoms with Crippen molar-refractivity contribution < 1.29 is 9.53 Å². The van der Waals surface area contributed by atoms with Crippen molar-refractivity contribution in [1.29, 1.82) is 10.7 Å². The Labute approximate surface area is 150 Å². The van der Waals surface area contributed by atoms with Gasteiger partial charge in [0.15, 0.2) is 16.8 Å². The van der Waals surface area contributed by atoms with Crippen molar-refractivity contribution in [2.45, 2.75) is 25.5 Å². The number of methoxy groups -OCH3 is 1. The van der Waals surface area contributed by atoms with Crippen LogP contribution in [0.4, 0.5) is 0 Å². The summed E-state index contributed by atoms with van der Waals surface area (Å²) >= 11 is 1.22. The standard InChI is InChI=1S/C17H19N5O2S/c1-4-22-16(12-7-5-6-8-15(12)24-3)20-21-17(22)25-10-14(23)13(9-18)11(2)19/h5-8,13,19H,4,10H2,1-3H3/t13-/m1/s1. The third kappa shape index (κ3) is 4.06. The number of aromatic nitrogens is 3. The fourth-order valence-electron chi connectivity index (χ4n) is 2.34. The number of hydrogen-bond donors (Lipinski definition) is 1. The van der Waals surface area contributed by atoms with E-state index in [4.69, 9.17) is 15.4 Å². The van der Waals surface area contributed by atoms with Gasteiger partial charge in [0.25, 0.3) is 0 Å². The first-order valence-electron chi connectivity index (χ1n) is 7.70. The summed E-state index contributed by atoms with van der Waals surface area (Å²) in [6.45, 7) is 4.06. The highest BCUT2D eigenvalue weighted by Crippen LogP contribution is 2.30. The smallest absolute Gasteiger partial charge is 0.191 e. The fraction of sp³-hybridized carbons (Fsp3) is 0.353. The normalized spacial score (nSPS) is 11.6. The number of ketones is 1. The van der Waals surface area contributed by atoms with E-state index >= 15 is 0 Å². The summed E-state index contributed by atoms with van der Waals surface area (Å²) in [4.78, 5) is 12.1. The molecule has 1 N–H and O–H groups in total. The Hall–Kier alpha value is -2.66. The van der Waals surface area contributed by atoms with Gasteiger partial charge < -0.3 is 14.7 Å². The number of nitrogens with one attached hydrogen (secondary N) is 1. The lowest BCUT2D eigenvalue weighted by Crippen LogP contribution is -2.21. The molecule has 0 saturated heterocycles. The van der Waals surface area contributed by atoms with Crippen molar-refractivity contribution >= 4 is 23.3 Å². The molecule has 0 radical (unpaired) electrons. The minimum Gasteiger partial charge on any atom is -0.496 e. The van der Waals surface area contributed by atoms with Crippen molar-refractivity contribution in [3.63, 3.8) is 0 Å². The SMILES string of the molecule is CCn1c(SCC(=O)[C@H](C#N)C(C)=N)nnc1-c1ccccc1OC. The molecule has 0 aliphatic rings. The molecule has 0 aliphatic carbocycles. The van der Waals surface area contributed by atoms with Gasteiger partial charge in [0.05, 0.1) is 24.5 Å². The monoisotopic (exact) mass is 357 g/mol. The number of Topliss-reactive ketones (excluding diaryl/α,β-unsaturated/α-hetero) is 1. The van der Waals surface area contributed by atoms with Crippen LogP contribution in [0.1, 0.15) is 13.8 Å². The van der Waals surface area contributed by atoms with Crippen LogP contribution in [-0.2, 0) is 11.3 Å². The highest BCUT2D eigenvalue weighted by Gasteiger charge is 2.22. The summed E-state index contributed by atoms with van der Waals surface area (Å²) in [6, 6.07) is 9.39. The number of carbonyl (C=O) groups excluding carboxylic acids is 1. The molecule has 1 atom stereocenters. The first-order chi connectivity index (χ1) is 12.0. The summed E-state index contributed by atoms with van der Waals surface area (Å²) in [5.41, 5.74) is 0.877. The zero-order chi connectivity index (χ0) is 18.4. The summed E-state index contributed by atoms with van der Waals surface area (Å²) in [6.07, 6.45) is 0. The van der Waals surface area contributed by atoms with Crippen molar-refractivity contribution in [1.82, 2.24) is 14.8 Å². The molecule has 8 heteroatoms. The molecular weight excluding hydrogens is 338 g/mol. The molecule has 0 spiro atoms. The van der Waals surface area contributed by atoms with Gasteiger partial charge in [0.1, 0.15) is 11.7 Å². The molecule has 0 unspecified atom stereocenters. The highest BCUT2D eigenvalue weighted by atomic mass is 32.2. The molecular formula is C17H19N5O2S. The number of benzene rings is 1. The van der Waals surface area contributed by atoms with E-state index in [0.717, 1.165) is 5.56 Å². The lowest BCUT2D eigenvalue weighted by Gasteiger charge is -2.10. The number of rotatable bonds is 8. The van der Waals surface area contributed by atoms with E-state index in [1.54, 1.807) is 7.11 Å². The molecule has 0 bridgehead atoms. The second-order valence-electron chi connectivity index (χ2n) is 5.25. The van der Waals surface area contributed by atoms with Gasteiger partial charge in [0, 0.05) is 12.3 Å². The molecule has 0 aliphatic heterocycles. The van der Waals surface area contributed by atoms with Gasteiger partial charge in [0.2, 0.25) is 0 Å². The topological polar surface area (TPSA) is 105 Å². The zero-order valence-corrected chi connectivity index (χ0v) is 15.1. The second-order valence-corrected chi connectivity index (χ2v) is 6.19. The Morgan fingerprint density at radius 1 is 1.44 bits per heavy atom. The van der Waals surface area contributed by atoms with E-state index in [0.29, 0.717) is 23.3 Å². The van der Waals surface area contributed by atoms with Crippen LogP contribution in [-0.4, -0.2) is 39.1 Å². The van der Waals surface area contributed by atoms with E-state index in [1.165, 1.54) is 18.7 Å². The average molecular weight is 357 g/mol. The van der Waals surface area contributed by atoms with E-state index < -0.39 is 5.92 Å². The number of nitrogens with zero attached hydrogens (tertiary/aromatic N) is 4. The molecule has 0 amide bonds. The van der Waals surface area contributed by atoms with Crippen LogP contribution in [0.5, 0.6) is 5.75 Å². The largest absolute Gasteiger partial charge is 0.496 e. The van der Waals surface area contributed by atoms with Crippen LogP contribution < -0.4 is 4.74 Å². The predicted octanol–water partition coefficient (Wildman–Crippen LogP) is 2.81. The Morgan fingerprint density at radius 3 is 2.76 bits per heavy atom. The number of thioether (sulfide) groups is 1. The van der Waals surface area contributed by atoms with Gasteiger partial charge in [-0.2, -0.15) is 5.26 Å². The Kier molecular flexibility index (Phi) is 6.31. The number of carbonyl (C=O) groups is 1. The van der Waals surface area contributed by atoms with Crippen LogP contribution in [0, 0.1) is 22.7 Å². The second kappa shape index (κ2) is 8.44. The third-order valence-electron chi connectivity index (χ3n) is 3.61. The highest BCUT2D eigenvalue weighted by molar-refractivity contribution is 7.99. The molecule has 2 rings (SSSR count). The van der Waals surface area contributed by atoms with Crippen molar-refractivity contribution in [2.75, 3.05) is 12.9 Å². The lowest BCUT2D eigenvalue weighted by atomic mass is 10.0. The van der Waals surface area contributed by atoms with Crippen LogP contribution in [0.25, 0.3) is 11.4 Å². The number of para-hydroxylation sites is 1. The molecule has 1 aromatic heterocycles. The third-order valence-corrected chi connectivity index (χ3v) is 4.60. The van der Waals surface area contributed by atoms with Crippen LogP contribution in [0.2, 0.25) is 0 Å². The molecule has 130 valence electrons. The predicted molar refractivity (Wildman–Crippen MR) is 95.9 cm³/mol. The van der Waals surface area contributed by atoms with E-state index in [-0.39, 0.29) is 17.2 Å². The van der Waals surface area contributed by atoms with Gasteiger partial charge >= 0.3 is 0 Å². The minimum absolute atomic E-state index is 0.0553. The first-order valence-corrected chi connectivity index (χ1v) is 8.68. The van der Waals surface area contributed by atoms with Crippen LogP contribution in [0.3, 0.4) is 0 Å². The molecule has 2 aromatic rings. The maximum atomic E-state index is 12.1. The molecule has 0 saturated carbocycles. The van der Waals surface area contributed by atoms with E-state index in [2.05, 4.69) is 10.2 Å². The first kappa shape index (κ1) is 18.7.